The molecule has 8 heteroatoms. The minimum Gasteiger partial charge on any atom is -0.444 e. The number of amides is 2. The maximum atomic E-state index is 12.5. The van der Waals surface area contributed by atoms with Gasteiger partial charge in [-0.1, -0.05) is 6.07 Å². The number of hydrogen-bond donors (Lipinski definition) is 1. The van der Waals surface area contributed by atoms with Crippen molar-refractivity contribution in [2.75, 3.05) is 13.1 Å². The van der Waals surface area contributed by atoms with E-state index in [1.54, 1.807) is 11.1 Å². The molecule has 1 aromatic heterocycles. The summed E-state index contributed by atoms with van der Waals surface area (Å²) in [4.78, 5) is 30.0. The van der Waals surface area contributed by atoms with E-state index in [1.165, 1.54) is 0 Å². The molecule has 0 spiro atoms. The lowest BCUT2D eigenvalue weighted by Gasteiger charge is -2.27. The molecule has 2 amide bonds. The number of nitrogens with one attached hydrogen (secondary N) is 1. The summed E-state index contributed by atoms with van der Waals surface area (Å²) in [6, 6.07) is 3.72. The van der Waals surface area contributed by atoms with E-state index in [-0.39, 0.29) is 0 Å². The second-order valence-corrected chi connectivity index (χ2v) is 8.99. The van der Waals surface area contributed by atoms with Crippen LogP contribution in [0.1, 0.15) is 53.5 Å². The first-order valence-electron chi connectivity index (χ1n) is 8.91. The van der Waals surface area contributed by atoms with Gasteiger partial charge >= 0.3 is 12.2 Å². The van der Waals surface area contributed by atoms with Crippen LogP contribution in [0.4, 0.5) is 9.59 Å². The molecule has 0 unspecified atom stereocenters. The van der Waals surface area contributed by atoms with Gasteiger partial charge in [0.25, 0.3) is 0 Å². The quantitative estimate of drug-likeness (QED) is 0.516. The molecule has 0 saturated heterocycles. The second-order valence-electron chi connectivity index (χ2n) is 8.17. The Labute approximate surface area is 169 Å². The standard InChI is InChI=1S/C19H30BrN3O4/c1-18(2,3)26-16(24)21-10-7-11-23(17(25)27-19(4,5)6)13-14-8-9-15(20)22-12-14/h8-9,12H,7,10-11,13H2,1-6H3,(H,21,24). The molecule has 0 radical (unpaired) electrons. The lowest BCUT2D eigenvalue weighted by molar-refractivity contribution is 0.0231. The summed E-state index contributed by atoms with van der Waals surface area (Å²) >= 11 is 3.30. The van der Waals surface area contributed by atoms with Crippen molar-refractivity contribution in [3.05, 3.63) is 28.5 Å². The molecular formula is C19H30BrN3O4. The number of carbonyl (C=O) groups excluding carboxylic acids is 2. The van der Waals surface area contributed by atoms with E-state index in [9.17, 15) is 9.59 Å². The van der Waals surface area contributed by atoms with Gasteiger partial charge in [-0.05, 0) is 75.5 Å². The second kappa shape index (κ2) is 9.92. The number of hydrogen-bond acceptors (Lipinski definition) is 5. The molecule has 1 N–H and O–H groups in total. The molecule has 0 aromatic carbocycles. The molecule has 1 rings (SSSR count). The van der Waals surface area contributed by atoms with Crippen LogP contribution in [-0.2, 0) is 16.0 Å². The zero-order valence-corrected chi connectivity index (χ0v) is 18.6. The van der Waals surface area contributed by atoms with Gasteiger partial charge in [-0.3, -0.25) is 0 Å². The van der Waals surface area contributed by atoms with Gasteiger partial charge in [0.2, 0.25) is 0 Å². The van der Waals surface area contributed by atoms with E-state index in [0.29, 0.717) is 26.1 Å². The predicted octanol–water partition coefficient (Wildman–Crippen LogP) is 4.50. The smallest absolute Gasteiger partial charge is 0.410 e. The van der Waals surface area contributed by atoms with Crippen molar-refractivity contribution < 1.29 is 19.1 Å². The first kappa shape index (κ1) is 23.2. The maximum Gasteiger partial charge on any atom is 0.410 e. The molecule has 0 aliphatic carbocycles. The van der Waals surface area contributed by atoms with Gasteiger partial charge in [-0.15, -0.1) is 0 Å². The Hall–Kier alpha value is -1.83. The van der Waals surface area contributed by atoms with E-state index < -0.39 is 23.4 Å². The van der Waals surface area contributed by atoms with Crippen LogP contribution in [0.2, 0.25) is 0 Å². The molecule has 27 heavy (non-hydrogen) atoms. The number of carbonyl (C=O) groups is 2. The Morgan fingerprint density at radius 1 is 1.11 bits per heavy atom. The van der Waals surface area contributed by atoms with Crippen LogP contribution in [0.15, 0.2) is 22.9 Å². The predicted molar refractivity (Wildman–Crippen MR) is 107 cm³/mol. The van der Waals surface area contributed by atoms with E-state index in [2.05, 4.69) is 26.2 Å². The monoisotopic (exact) mass is 443 g/mol. The lowest BCUT2D eigenvalue weighted by Crippen LogP contribution is -2.38. The summed E-state index contributed by atoms with van der Waals surface area (Å²) in [7, 11) is 0. The van der Waals surface area contributed by atoms with Crippen molar-refractivity contribution >= 4 is 28.1 Å². The Morgan fingerprint density at radius 2 is 1.74 bits per heavy atom. The minimum absolute atomic E-state index is 0.377. The number of pyridine rings is 1. The van der Waals surface area contributed by atoms with Crippen LogP contribution in [0.25, 0.3) is 0 Å². The molecule has 0 bridgehead atoms. The zero-order valence-electron chi connectivity index (χ0n) is 17.0. The summed E-state index contributed by atoms with van der Waals surface area (Å²) in [5, 5.41) is 2.69. The minimum atomic E-state index is -0.581. The third kappa shape index (κ3) is 10.8. The fraction of sp³-hybridized carbons (Fsp3) is 0.632. The number of ether oxygens (including phenoxy) is 2. The van der Waals surface area contributed by atoms with Gasteiger partial charge in [0.05, 0.1) is 6.54 Å². The van der Waals surface area contributed by atoms with E-state index >= 15 is 0 Å². The first-order valence-corrected chi connectivity index (χ1v) is 9.70. The van der Waals surface area contributed by atoms with Crippen LogP contribution < -0.4 is 5.32 Å². The van der Waals surface area contributed by atoms with E-state index in [1.807, 2.05) is 53.7 Å². The topological polar surface area (TPSA) is 80.8 Å². The largest absolute Gasteiger partial charge is 0.444 e. The van der Waals surface area contributed by atoms with Crippen LogP contribution in [0, 0.1) is 0 Å². The van der Waals surface area contributed by atoms with E-state index in [4.69, 9.17) is 9.47 Å². The third-order valence-electron chi connectivity index (χ3n) is 3.09. The molecule has 0 atom stereocenters. The molecule has 0 aliphatic heterocycles. The SMILES string of the molecule is CC(C)(C)OC(=O)NCCCN(Cc1ccc(Br)nc1)C(=O)OC(C)(C)C. The van der Waals surface area contributed by atoms with E-state index in [0.717, 1.165) is 10.2 Å². The highest BCUT2D eigenvalue weighted by Crippen LogP contribution is 2.14. The van der Waals surface area contributed by atoms with Crippen LogP contribution in [0.5, 0.6) is 0 Å². The number of aromatic nitrogens is 1. The normalized spacial score (nSPS) is 11.7. The zero-order chi connectivity index (χ0) is 20.7. The van der Waals surface area contributed by atoms with Gasteiger partial charge in [0, 0.05) is 19.3 Å². The number of nitrogens with zero attached hydrogens (tertiary/aromatic N) is 2. The highest BCUT2D eigenvalue weighted by atomic mass is 79.9. The van der Waals surface area contributed by atoms with Crippen LogP contribution in [0.3, 0.4) is 0 Å². The Balaban J connectivity index is 2.61. The van der Waals surface area contributed by atoms with Gasteiger partial charge in [-0.2, -0.15) is 0 Å². The first-order chi connectivity index (χ1) is 12.4. The Morgan fingerprint density at radius 3 is 2.26 bits per heavy atom. The van der Waals surface area contributed by atoms with Crippen molar-refractivity contribution in [3.63, 3.8) is 0 Å². The Bertz CT molecular complexity index is 621. The molecule has 0 saturated carbocycles. The molecule has 0 aliphatic rings. The van der Waals surface area contributed by atoms with Gasteiger partial charge in [0.15, 0.2) is 0 Å². The number of rotatable bonds is 6. The molecular weight excluding hydrogens is 414 g/mol. The summed E-state index contributed by atoms with van der Waals surface area (Å²) in [5.74, 6) is 0. The molecule has 7 nitrogen and oxygen atoms in total. The third-order valence-corrected chi connectivity index (χ3v) is 3.56. The summed E-state index contributed by atoms with van der Waals surface area (Å²) in [6.07, 6.45) is 1.41. The van der Waals surface area contributed by atoms with Crippen LogP contribution >= 0.6 is 15.9 Å². The van der Waals surface area contributed by atoms with Crippen molar-refractivity contribution in [2.45, 2.75) is 65.7 Å². The summed E-state index contributed by atoms with van der Waals surface area (Å²) < 4.78 is 11.4. The Kier molecular flexibility index (Phi) is 8.53. The van der Waals surface area contributed by atoms with Crippen molar-refractivity contribution in [2.24, 2.45) is 0 Å². The lowest BCUT2D eigenvalue weighted by atomic mass is 10.2. The van der Waals surface area contributed by atoms with Gasteiger partial charge in [0.1, 0.15) is 15.8 Å². The molecule has 152 valence electrons. The van der Waals surface area contributed by atoms with Crippen molar-refractivity contribution in [1.82, 2.24) is 15.2 Å². The molecule has 1 heterocycles. The fourth-order valence-corrected chi connectivity index (χ4v) is 2.29. The molecule has 0 fully saturated rings. The average Bonchev–Trinajstić information content (AvgIpc) is 2.48. The highest BCUT2D eigenvalue weighted by Gasteiger charge is 2.22. The molecule has 1 aromatic rings. The summed E-state index contributed by atoms with van der Waals surface area (Å²) in [5.41, 5.74) is -0.229. The summed E-state index contributed by atoms with van der Waals surface area (Å²) in [6.45, 7) is 12.1. The average molecular weight is 444 g/mol. The van der Waals surface area contributed by atoms with Crippen LogP contribution in [-0.4, -0.2) is 46.4 Å². The van der Waals surface area contributed by atoms with Crippen molar-refractivity contribution in [1.29, 1.82) is 0 Å². The maximum absolute atomic E-state index is 12.5. The van der Waals surface area contributed by atoms with Gasteiger partial charge < -0.3 is 19.7 Å². The van der Waals surface area contributed by atoms with Gasteiger partial charge in [-0.25, -0.2) is 14.6 Å². The number of halogens is 1. The fourth-order valence-electron chi connectivity index (χ4n) is 2.06. The van der Waals surface area contributed by atoms with Crippen molar-refractivity contribution in [3.8, 4) is 0 Å². The number of alkyl carbamates (subject to hydrolysis) is 1. The highest BCUT2D eigenvalue weighted by molar-refractivity contribution is 9.10.